The first kappa shape index (κ1) is 8.53. The zero-order chi connectivity index (χ0) is 8.65. The smallest absolute Gasteiger partial charge is 0.226 e. The molecule has 1 aliphatic heterocycles. The molecule has 0 bridgehead atoms. The van der Waals surface area contributed by atoms with E-state index in [0.29, 0.717) is 6.67 Å². The van der Waals surface area contributed by atoms with Crippen LogP contribution in [0.4, 0.5) is 0 Å². The van der Waals surface area contributed by atoms with Crippen LogP contribution in [-0.2, 0) is 4.79 Å². The Bertz CT molecular complexity index is 177. The highest BCUT2D eigenvalue weighted by Gasteiger charge is 2.41. The highest BCUT2D eigenvalue weighted by Crippen LogP contribution is 2.32. The molecule has 2 N–H and O–H groups in total. The minimum Gasteiger partial charge on any atom is -0.325 e. The van der Waals surface area contributed by atoms with Crippen molar-refractivity contribution in [3.63, 3.8) is 0 Å². The molecule has 0 radical (unpaired) electrons. The van der Waals surface area contributed by atoms with Crippen molar-refractivity contribution in [2.45, 2.75) is 32.7 Å². The summed E-state index contributed by atoms with van der Waals surface area (Å²) in [5, 5.41) is 0. The predicted octanol–water partition coefficient (Wildman–Crippen LogP) is 0.550. The lowest BCUT2D eigenvalue weighted by molar-refractivity contribution is -0.132. The van der Waals surface area contributed by atoms with E-state index >= 15 is 0 Å². The summed E-state index contributed by atoms with van der Waals surface area (Å²) in [5.41, 5.74) is 5.43. The van der Waals surface area contributed by atoms with Crippen LogP contribution in [0.3, 0.4) is 0 Å². The maximum Gasteiger partial charge on any atom is 0.226 e. The fourth-order valence-corrected chi connectivity index (χ4v) is 1.85. The molecule has 0 saturated carbocycles. The molecule has 3 heteroatoms. The van der Waals surface area contributed by atoms with Gasteiger partial charge in [-0.25, -0.2) is 0 Å². The van der Waals surface area contributed by atoms with Gasteiger partial charge in [0.1, 0.15) is 0 Å². The summed E-state index contributed by atoms with van der Waals surface area (Å²) in [4.78, 5) is 13.1. The van der Waals surface area contributed by atoms with Crippen molar-refractivity contribution >= 4 is 5.91 Å². The van der Waals surface area contributed by atoms with E-state index in [0.717, 1.165) is 6.42 Å². The molecule has 3 nitrogen and oxygen atoms in total. The van der Waals surface area contributed by atoms with Gasteiger partial charge >= 0.3 is 0 Å². The third-order valence-corrected chi connectivity index (χ3v) is 2.41. The molecule has 0 spiro atoms. The van der Waals surface area contributed by atoms with Gasteiger partial charge in [-0.1, -0.05) is 6.92 Å². The second-order valence-corrected chi connectivity index (χ2v) is 3.87. The van der Waals surface area contributed by atoms with E-state index in [2.05, 4.69) is 13.8 Å². The highest BCUT2D eigenvalue weighted by atomic mass is 16.2. The van der Waals surface area contributed by atoms with Gasteiger partial charge in [0.15, 0.2) is 0 Å². The Morgan fingerprint density at radius 1 is 1.73 bits per heavy atom. The molecule has 1 rings (SSSR count). The second kappa shape index (κ2) is 2.48. The Hall–Kier alpha value is -0.570. The zero-order valence-electron chi connectivity index (χ0n) is 7.42. The van der Waals surface area contributed by atoms with Crippen LogP contribution in [0.2, 0.25) is 0 Å². The van der Waals surface area contributed by atoms with E-state index in [4.69, 9.17) is 5.73 Å². The lowest BCUT2D eigenvalue weighted by atomic mass is 9.98. The summed E-state index contributed by atoms with van der Waals surface area (Å²) in [5.74, 6) is 0.339. The maximum atomic E-state index is 11.4. The Morgan fingerprint density at radius 2 is 2.27 bits per heavy atom. The van der Waals surface area contributed by atoms with Gasteiger partial charge in [0, 0.05) is 11.5 Å². The Kier molecular flexibility index (Phi) is 1.92. The zero-order valence-corrected chi connectivity index (χ0v) is 7.42. The van der Waals surface area contributed by atoms with E-state index in [1.807, 2.05) is 6.92 Å². The van der Waals surface area contributed by atoms with Crippen molar-refractivity contribution in [2.24, 2.45) is 11.7 Å². The maximum absolute atomic E-state index is 11.4. The van der Waals surface area contributed by atoms with Gasteiger partial charge in [-0.15, -0.1) is 0 Å². The number of carbonyl (C=O) groups is 1. The van der Waals surface area contributed by atoms with Gasteiger partial charge in [-0.2, -0.15) is 0 Å². The molecule has 1 aliphatic rings. The van der Waals surface area contributed by atoms with Gasteiger partial charge < -0.3 is 10.6 Å². The van der Waals surface area contributed by atoms with E-state index in [1.54, 1.807) is 4.90 Å². The molecule has 1 heterocycles. The van der Waals surface area contributed by atoms with Crippen LogP contribution in [0.1, 0.15) is 27.2 Å². The second-order valence-electron chi connectivity index (χ2n) is 3.87. The van der Waals surface area contributed by atoms with Crippen LogP contribution in [0.25, 0.3) is 0 Å². The molecular weight excluding hydrogens is 140 g/mol. The van der Waals surface area contributed by atoms with Crippen LogP contribution in [0, 0.1) is 5.92 Å². The molecule has 64 valence electrons. The van der Waals surface area contributed by atoms with Gasteiger partial charge in [-0.05, 0) is 20.3 Å². The first-order valence-electron chi connectivity index (χ1n) is 4.00. The molecule has 0 aromatic heterocycles. The van der Waals surface area contributed by atoms with Crippen molar-refractivity contribution in [3.05, 3.63) is 0 Å². The molecule has 0 aromatic rings. The van der Waals surface area contributed by atoms with Crippen LogP contribution in [-0.4, -0.2) is 23.0 Å². The molecule has 1 fully saturated rings. The normalized spacial score (nSPS) is 29.6. The molecular formula is C8H16N2O. The lowest BCUT2D eigenvalue weighted by Crippen LogP contribution is -2.44. The fourth-order valence-electron chi connectivity index (χ4n) is 1.85. The number of likely N-dealkylation sites (tertiary alicyclic amines) is 1. The average molecular weight is 156 g/mol. The van der Waals surface area contributed by atoms with Crippen LogP contribution >= 0.6 is 0 Å². The first-order valence-corrected chi connectivity index (χ1v) is 4.00. The van der Waals surface area contributed by atoms with E-state index < -0.39 is 0 Å². The number of amides is 1. The first-order chi connectivity index (χ1) is 4.99. The third kappa shape index (κ3) is 1.25. The van der Waals surface area contributed by atoms with Crippen molar-refractivity contribution in [2.75, 3.05) is 6.67 Å². The minimum atomic E-state index is -0.0365. The van der Waals surface area contributed by atoms with E-state index in [9.17, 15) is 4.79 Å². The Balaban J connectivity index is 2.82. The number of nitrogens with zero attached hydrogens (tertiary/aromatic N) is 1. The van der Waals surface area contributed by atoms with Gasteiger partial charge in [0.05, 0.1) is 6.67 Å². The summed E-state index contributed by atoms with van der Waals surface area (Å²) < 4.78 is 0. The molecule has 1 saturated heterocycles. The Labute approximate surface area is 67.5 Å². The molecule has 0 aromatic carbocycles. The van der Waals surface area contributed by atoms with Crippen molar-refractivity contribution in [1.82, 2.24) is 4.90 Å². The van der Waals surface area contributed by atoms with Gasteiger partial charge in [0.2, 0.25) is 5.91 Å². The monoisotopic (exact) mass is 156 g/mol. The van der Waals surface area contributed by atoms with Crippen LogP contribution in [0.15, 0.2) is 0 Å². The highest BCUT2D eigenvalue weighted by molar-refractivity contribution is 5.81. The SMILES string of the molecule is CC1CC(C)(C)N(CN)C1=O. The predicted molar refractivity (Wildman–Crippen MR) is 43.8 cm³/mol. The van der Waals surface area contributed by atoms with Crippen molar-refractivity contribution < 1.29 is 4.79 Å². The number of carbonyl (C=O) groups excluding carboxylic acids is 1. The topological polar surface area (TPSA) is 46.3 Å². The number of hydrogen-bond acceptors (Lipinski definition) is 2. The summed E-state index contributed by atoms with van der Waals surface area (Å²) >= 11 is 0. The van der Waals surface area contributed by atoms with Crippen molar-refractivity contribution in [1.29, 1.82) is 0 Å². The van der Waals surface area contributed by atoms with Gasteiger partial charge in [0.25, 0.3) is 0 Å². The largest absolute Gasteiger partial charge is 0.325 e. The minimum absolute atomic E-state index is 0.0365. The summed E-state index contributed by atoms with van der Waals surface area (Å²) in [7, 11) is 0. The molecule has 1 atom stereocenters. The van der Waals surface area contributed by atoms with Crippen LogP contribution in [0.5, 0.6) is 0 Å². The average Bonchev–Trinajstić information content (AvgIpc) is 2.03. The Morgan fingerprint density at radius 3 is 2.45 bits per heavy atom. The molecule has 11 heavy (non-hydrogen) atoms. The molecule has 0 aliphatic carbocycles. The number of hydrogen-bond donors (Lipinski definition) is 1. The van der Waals surface area contributed by atoms with Gasteiger partial charge in [-0.3, -0.25) is 4.79 Å². The summed E-state index contributed by atoms with van der Waals surface area (Å²) in [6, 6.07) is 0. The number of rotatable bonds is 1. The molecule has 1 unspecified atom stereocenters. The standard InChI is InChI=1S/C8H16N2O/c1-6-4-8(2,3)10(5-9)7(6)11/h6H,4-5,9H2,1-3H3. The third-order valence-electron chi connectivity index (χ3n) is 2.41. The van der Waals surface area contributed by atoms with Crippen LogP contribution < -0.4 is 5.73 Å². The summed E-state index contributed by atoms with van der Waals surface area (Å²) in [6.45, 7) is 6.42. The van der Waals surface area contributed by atoms with Crippen molar-refractivity contribution in [3.8, 4) is 0 Å². The quantitative estimate of drug-likeness (QED) is 0.602. The fraction of sp³-hybridized carbons (Fsp3) is 0.875. The molecule has 1 amide bonds. The summed E-state index contributed by atoms with van der Waals surface area (Å²) in [6.07, 6.45) is 0.920. The van der Waals surface area contributed by atoms with E-state index in [-0.39, 0.29) is 17.4 Å². The lowest BCUT2D eigenvalue weighted by Gasteiger charge is -2.29. The van der Waals surface area contributed by atoms with E-state index in [1.165, 1.54) is 0 Å². The number of nitrogens with two attached hydrogens (primary N) is 1.